The molecule has 0 spiro atoms. The molecule has 1 heterocycles. The summed E-state index contributed by atoms with van der Waals surface area (Å²) in [5.74, 6) is -0.705. The minimum absolute atomic E-state index is 0.391. The number of anilines is 2. The van der Waals surface area contributed by atoms with Gasteiger partial charge in [-0.25, -0.2) is 0 Å². The molecule has 1 aromatic heterocycles. The zero-order chi connectivity index (χ0) is 17.4. The Morgan fingerprint density at radius 2 is 1.26 bits per heavy atom. The van der Waals surface area contributed by atoms with Gasteiger partial charge in [0.05, 0.1) is 9.79 Å². The van der Waals surface area contributed by atoms with E-state index in [1.807, 2.05) is 0 Å². The lowest BCUT2D eigenvalue weighted by molar-refractivity contribution is 0.457. The Morgan fingerprint density at radius 3 is 1.65 bits per heavy atom. The second kappa shape index (κ2) is 5.73. The van der Waals surface area contributed by atoms with E-state index in [1.165, 1.54) is 0 Å². The number of aromatic nitrogens is 3. The molecule has 0 aliphatic carbocycles. The lowest BCUT2D eigenvalue weighted by Gasteiger charge is -2.08. The summed E-state index contributed by atoms with van der Waals surface area (Å²) in [7, 11) is -9.67. The van der Waals surface area contributed by atoms with Crippen molar-refractivity contribution < 1.29 is 34.7 Å². The highest BCUT2D eigenvalue weighted by Gasteiger charge is 2.19. The second-order valence-corrected chi connectivity index (χ2v) is 6.81. The highest BCUT2D eigenvalue weighted by atomic mass is 32.2. The maximum atomic E-state index is 12.9. The van der Waals surface area contributed by atoms with Gasteiger partial charge in [-0.1, -0.05) is 0 Å². The van der Waals surface area contributed by atoms with Gasteiger partial charge in [0.15, 0.2) is 0 Å². The van der Waals surface area contributed by atoms with Crippen LogP contribution in [0.2, 0.25) is 0 Å². The molecular weight excluding hydrogens is 362 g/mol. The van der Waals surface area contributed by atoms with Gasteiger partial charge < -0.3 is 5.32 Å². The summed E-state index contributed by atoms with van der Waals surface area (Å²) in [6, 6.07) is 1.93. The third-order valence-electron chi connectivity index (χ3n) is 2.31. The van der Waals surface area contributed by atoms with E-state index in [9.17, 15) is 25.6 Å². The van der Waals surface area contributed by atoms with Crippen molar-refractivity contribution in [3.8, 4) is 0 Å². The second-order valence-electron chi connectivity index (χ2n) is 3.97. The van der Waals surface area contributed by atoms with E-state index < -0.39 is 53.8 Å². The molecule has 0 atom stereocenters. The van der Waals surface area contributed by atoms with E-state index in [0.29, 0.717) is 6.07 Å². The molecule has 2 rings (SSSR count). The van der Waals surface area contributed by atoms with Crippen LogP contribution >= 0.6 is 0 Å². The molecule has 3 N–H and O–H groups in total. The number of rotatable bonds is 4. The first-order chi connectivity index (χ1) is 10.4. The zero-order valence-electron chi connectivity index (χ0n) is 10.7. The molecule has 0 saturated heterocycles. The molecule has 10 nitrogen and oxygen atoms in total. The lowest BCUT2D eigenvalue weighted by atomic mass is 10.3. The molecule has 0 bridgehead atoms. The summed E-state index contributed by atoms with van der Waals surface area (Å²) >= 11 is 0. The van der Waals surface area contributed by atoms with Gasteiger partial charge in [0.2, 0.25) is 5.95 Å². The summed E-state index contributed by atoms with van der Waals surface area (Å²) in [6.45, 7) is 0. The van der Waals surface area contributed by atoms with Crippen molar-refractivity contribution in [3.05, 3.63) is 30.4 Å². The van der Waals surface area contributed by atoms with Crippen LogP contribution in [0, 0.1) is 12.2 Å². The quantitative estimate of drug-likeness (QED) is 0.644. The Hall–Kier alpha value is -2.29. The maximum Gasteiger partial charge on any atom is 0.315 e. The van der Waals surface area contributed by atoms with Crippen molar-refractivity contribution in [2.45, 2.75) is 9.79 Å². The molecule has 0 radical (unpaired) electrons. The third kappa shape index (κ3) is 4.35. The van der Waals surface area contributed by atoms with E-state index >= 15 is 0 Å². The van der Waals surface area contributed by atoms with Gasteiger partial charge in [0, 0.05) is 5.69 Å². The maximum absolute atomic E-state index is 12.9. The van der Waals surface area contributed by atoms with E-state index in [-0.39, 0.29) is 0 Å². The van der Waals surface area contributed by atoms with Crippen molar-refractivity contribution in [1.29, 1.82) is 0 Å². The van der Waals surface area contributed by atoms with Crippen LogP contribution in [-0.4, -0.2) is 40.9 Å². The average Bonchev–Trinajstić information content (AvgIpc) is 2.34. The van der Waals surface area contributed by atoms with Crippen LogP contribution in [0.5, 0.6) is 0 Å². The monoisotopic (exact) mass is 368 g/mol. The first-order valence-corrected chi connectivity index (χ1v) is 8.27. The van der Waals surface area contributed by atoms with E-state index in [4.69, 9.17) is 9.11 Å². The Kier molecular flexibility index (Phi) is 4.25. The number of halogens is 2. The smallest absolute Gasteiger partial charge is 0.315 e. The average molecular weight is 368 g/mol. The van der Waals surface area contributed by atoms with Crippen LogP contribution in [0.3, 0.4) is 0 Å². The van der Waals surface area contributed by atoms with Crippen LogP contribution < -0.4 is 5.32 Å². The zero-order valence-corrected chi connectivity index (χ0v) is 12.3. The van der Waals surface area contributed by atoms with E-state index in [1.54, 1.807) is 0 Å². The van der Waals surface area contributed by atoms with Gasteiger partial charge in [-0.05, 0) is 18.2 Å². The van der Waals surface area contributed by atoms with Crippen LogP contribution in [0.25, 0.3) is 0 Å². The molecule has 1 aromatic carbocycles. The molecule has 0 aliphatic rings. The van der Waals surface area contributed by atoms with Gasteiger partial charge >= 0.3 is 12.2 Å². The Bertz CT molecular complexity index is 909. The number of nitrogens with zero attached hydrogens (tertiary/aromatic N) is 3. The van der Waals surface area contributed by atoms with Crippen molar-refractivity contribution in [2.75, 3.05) is 5.32 Å². The predicted molar refractivity (Wildman–Crippen MR) is 69.1 cm³/mol. The summed E-state index contributed by atoms with van der Waals surface area (Å²) in [5.41, 5.74) is -0.391. The van der Waals surface area contributed by atoms with E-state index in [0.717, 1.165) is 12.1 Å². The van der Waals surface area contributed by atoms with Crippen molar-refractivity contribution in [3.63, 3.8) is 0 Å². The fourth-order valence-electron chi connectivity index (χ4n) is 1.45. The molecule has 0 fully saturated rings. The molecule has 2 aromatic rings. The van der Waals surface area contributed by atoms with Gasteiger partial charge in [-0.2, -0.15) is 40.6 Å². The highest BCUT2D eigenvalue weighted by molar-refractivity contribution is 7.86. The molecular formula is C9H6F2N4O6S2. The topological polar surface area (TPSA) is 159 Å². The molecule has 0 unspecified atom stereocenters. The molecule has 0 saturated carbocycles. The first kappa shape index (κ1) is 17.1. The van der Waals surface area contributed by atoms with Crippen LogP contribution in [-0.2, 0) is 20.2 Å². The number of benzene rings is 1. The van der Waals surface area contributed by atoms with Crippen LogP contribution in [0.4, 0.5) is 20.4 Å². The fraction of sp³-hybridized carbons (Fsp3) is 0. The molecule has 0 aliphatic heterocycles. The largest absolute Gasteiger partial charge is 0.324 e. The number of nitrogens with one attached hydrogen (secondary N) is 1. The lowest BCUT2D eigenvalue weighted by Crippen LogP contribution is -2.07. The van der Waals surface area contributed by atoms with Gasteiger partial charge in [-0.15, -0.1) is 0 Å². The summed E-state index contributed by atoms with van der Waals surface area (Å²) in [4.78, 5) is 6.92. The Labute approximate surface area is 127 Å². The van der Waals surface area contributed by atoms with Crippen molar-refractivity contribution in [1.82, 2.24) is 15.0 Å². The van der Waals surface area contributed by atoms with Crippen LogP contribution in [0.15, 0.2) is 28.0 Å². The minimum atomic E-state index is -4.83. The number of hydrogen-bond donors (Lipinski definition) is 3. The normalized spacial score (nSPS) is 12.2. The van der Waals surface area contributed by atoms with Gasteiger partial charge in [0.1, 0.15) is 0 Å². The third-order valence-corrected chi connectivity index (χ3v) is 3.98. The van der Waals surface area contributed by atoms with Crippen molar-refractivity contribution in [2.24, 2.45) is 0 Å². The molecule has 23 heavy (non-hydrogen) atoms. The standard InChI is InChI=1S/C9H6F2N4O6S2/c10-7-13-8(11)15-9(14-7)12-4-1-5(22(16,17)18)3-6(2-4)23(19,20)21/h1-3H,(H,16,17,18)(H,19,20,21)(H,12,13,14,15). The molecule has 124 valence electrons. The highest BCUT2D eigenvalue weighted by Crippen LogP contribution is 2.23. The SMILES string of the molecule is O=S(=O)(O)c1cc(Nc2nc(F)nc(F)n2)cc(S(=O)(=O)O)c1. The van der Waals surface area contributed by atoms with Crippen molar-refractivity contribution >= 4 is 31.9 Å². The van der Waals surface area contributed by atoms with Gasteiger partial charge in [-0.3, -0.25) is 9.11 Å². The summed E-state index contributed by atoms with van der Waals surface area (Å²) < 4.78 is 88.1. The Balaban J connectivity index is 2.57. The predicted octanol–water partition coefficient (Wildman–Crippen LogP) is 0.387. The Morgan fingerprint density at radius 1 is 0.826 bits per heavy atom. The molecule has 0 amide bonds. The minimum Gasteiger partial charge on any atom is -0.324 e. The van der Waals surface area contributed by atoms with E-state index in [2.05, 4.69) is 20.3 Å². The first-order valence-electron chi connectivity index (χ1n) is 5.39. The summed E-state index contributed by atoms with van der Waals surface area (Å²) in [6.07, 6.45) is -2.97. The molecule has 14 heteroatoms. The van der Waals surface area contributed by atoms with Crippen LogP contribution in [0.1, 0.15) is 0 Å². The number of hydrogen-bond acceptors (Lipinski definition) is 8. The fourth-order valence-corrected chi connectivity index (χ4v) is 2.63. The summed E-state index contributed by atoms with van der Waals surface area (Å²) in [5, 5.41) is 2.12. The van der Waals surface area contributed by atoms with Gasteiger partial charge in [0.25, 0.3) is 20.2 Å².